The van der Waals surface area contributed by atoms with E-state index in [2.05, 4.69) is 10.1 Å². The molecule has 1 amide bonds. The van der Waals surface area contributed by atoms with Gasteiger partial charge in [-0.05, 0) is 18.4 Å². The molecule has 5 nitrogen and oxygen atoms in total. The van der Waals surface area contributed by atoms with Gasteiger partial charge in [0.15, 0.2) is 0 Å². The van der Waals surface area contributed by atoms with Crippen molar-refractivity contribution in [3.63, 3.8) is 0 Å². The van der Waals surface area contributed by atoms with Crippen molar-refractivity contribution in [3.8, 4) is 0 Å². The van der Waals surface area contributed by atoms with E-state index in [-0.39, 0.29) is 24.8 Å². The molecule has 108 valence electrons. The molecule has 0 aromatic heterocycles. The van der Waals surface area contributed by atoms with E-state index >= 15 is 0 Å². The van der Waals surface area contributed by atoms with Gasteiger partial charge in [0.1, 0.15) is 0 Å². The fourth-order valence-electron chi connectivity index (χ4n) is 2.60. The second-order valence-electron chi connectivity index (χ2n) is 5.09. The molecule has 0 bridgehead atoms. The average Bonchev–Trinajstić information content (AvgIpc) is 2.44. The molecule has 1 aromatic carbocycles. The van der Waals surface area contributed by atoms with Crippen molar-refractivity contribution in [2.75, 3.05) is 13.7 Å². The minimum absolute atomic E-state index is 0.141. The average molecular weight is 277 g/mol. The quantitative estimate of drug-likeness (QED) is 0.779. The lowest BCUT2D eigenvalue weighted by atomic mass is 9.62. The van der Waals surface area contributed by atoms with Crippen molar-refractivity contribution in [3.05, 3.63) is 35.9 Å². The molecule has 1 fully saturated rings. The first kappa shape index (κ1) is 14.5. The van der Waals surface area contributed by atoms with Gasteiger partial charge in [-0.15, -0.1) is 0 Å². The van der Waals surface area contributed by atoms with Crippen molar-refractivity contribution in [2.45, 2.75) is 30.8 Å². The summed E-state index contributed by atoms with van der Waals surface area (Å²) in [5.41, 5.74) is 0.234. The first-order valence-corrected chi connectivity index (χ1v) is 6.67. The van der Waals surface area contributed by atoms with E-state index < -0.39 is 11.5 Å². The Morgan fingerprint density at radius 3 is 2.55 bits per heavy atom. The normalized spacial score (nSPS) is 24.6. The number of hydrogen-bond acceptors (Lipinski definition) is 4. The highest BCUT2D eigenvalue weighted by Crippen LogP contribution is 2.44. The van der Waals surface area contributed by atoms with E-state index in [1.165, 1.54) is 7.11 Å². The zero-order valence-electron chi connectivity index (χ0n) is 11.5. The van der Waals surface area contributed by atoms with Crippen LogP contribution in [-0.2, 0) is 19.7 Å². The maximum Gasteiger partial charge on any atom is 0.307 e. The van der Waals surface area contributed by atoms with E-state index in [1.807, 2.05) is 30.3 Å². The zero-order chi connectivity index (χ0) is 14.6. The number of methoxy groups -OCH3 is 1. The Balaban J connectivity index is 2.02. The molecular formula is C15H19NO4. The third-order valence-electron chi connectivity index (χ3n) is 3.77. The summed E-state index contributed by atoms with van der Waals surface area (Å²) in [5.74, 6) is -0.495. The van der Waals surface area contributed by atoms with Gasteiger partial charge in [-0.3, -0.25) is 9.59 Å². The lowest BCUT2D eigenvalue weighted by Crippen LogP contribution is -2.55. The molecule has 0 atom stereocenters. The maximum atomic E-state index is 12.4. The Labute approximate surface area is 117 Å². The van der Waals surface area contributed by atoms with Crippen molar-refractivity contribution < 1.29 is 19.4 Å². The van der Waals surface area contributed by atoms with Crippen LogP contribution >= 0.6 is 0 Å². The van der Waals surface area contributed by atoms with Crippen LogP contribution in [0.5, 0.6) is 0 Å². The van der Waals surface area contributed by atoms with E-state index in [9.17, 15) is 14.7 Å². The predicted molar refractivity (Wildman–Crippen MR) is 73.0 cm³/mol. The molecule has 0 heterocycles. The molecule has 1 aliphatic rings. The Kier molecular flexibility index (Phi) is 4.39. The van der Waals surface area contributed by atoms with Crippen molar-refractivity contribution in [1.82, 2.24) is 5.32 Å². The SMILES string of the molecule is COC(=O)CCNC(=O)C1(c2ccccc2)CC(O)C1. The van der Waals surface area contributed by atoms with Gasteiger partial charge in [0.25, 0.3) is 0 Å². The number of aliphatic hydroxyl groups is 1. The number of nitrogens with one attached hydrogen (secondary N) is 1. The lowest BCUT2D eigenvalue weighted by Gasteiger charge is -2.44. The number of carbonyl (C=O) groups excluding carboxylic acids is 2. The monoisotopic (exact) mass is 277 g/mol. The third-order valence-corrected chi connectivity index (χ3v) is 3.77. The van der Waals surface area contributed by atoms with Gasteiger partial charge in [-0.2, -0.15) is 0 Å². The van der Waals surface area contributed by atoms with Gasteiger partial charge in [-0.1, -0.05) is 30.3 Å². The largest absolute Gasteiger partial charge is 0.469 e. The van der Waals surface area contributed by atoms with Gasteiger partial charge >= 0.3 is 5.97 Å². The third kappa shape index (κ3) is 2.82. The van der Waals surface area contributed by atoms with Crippen LogP contribution in [0.15, 0.2) is 30.3 Å². The van der Waals surface area contributed by atoms with E-state index in [4.69, 9.17) is 0 Å². The van der Waals surface area contributed by atoms with E-state index in [0.717, 1.165) is 5.56 Å². The number of rotatable bonds is 5. The molecular weight excluding hydrogens is 258 g/mol. The highest BCUT2D eigenvalue weighted by Gasteiger charge is 2.50. The van der Waals surface area contributed by atoms with Crippen LogP contribution in [0.4, 0.5) is 0 Å². The van der Waals surface area contributed by atoms with Gasteiger partial charge in [0.05, 0.1) is 25.0 Å². The zero-order valence-corrected chi connectivity index (χ0v) is 11.5. The minimum atomic E-state index is -0.670. The summed E-state index contributed by atoms with van der Waals surface area (Å²) >= 11 is 0. The molecule has 2 rings (SSSR count). The second kappa shape index (κ2) is 6.05. The molecule has 5 heteroatoms. The topological polar surface area (TPSA) is 75.6 Å². The predicted octanol–water partition coefficient (Wildman–Crippen LogP) is 0.758. The van der Waals surface area contributed by atoms with Gasteiger partial charge in [-0.25, -0.2) is 0 Å². The molecule has 0 radical (unpaired) electrons. The van der Waals surface area contributed by atoms with Crippen LogP contribution in [-0.4, -0.2) is 36.7 Å². The number of carbonyl (C=O) groups is 2. The first-order valence-electron chi connectivity index (χ1n) is 6.67. The van der Waals surface area contributed by atoms with Crippen molar-refractivity contribution in [1.29, 1.82) is 0 Å². The van der Waals surface area contributed by atoms with Crippen molar-refractivity contribution in [2.24, 2.45) is 0 Å². The number of amides is 1. The van der Waals surface area contributed by atoms with E-state index in [1.54, 1.807) is 0 Å². The Morgan fingerprint density at radius 1 is 1.35 bits per heavy atom. The number of ether oxygens (including phenoxy) is 1. The van der Waals surface area contributed by atoms with Crippen LogP contribution in [0.2, 0.25) is 0 Å². The fourth-order valence-corrected chi connectivity index (χ4v) is 2.60. The van der Waals surface area contributed by atoms with Gasteiger partial charge < -0.3 is 15.2 Å². The molecule has 1 aromatic rings. The summed E-state index contributed by atoms with van der Waals surface area (Å²) in [6.07, 6.45) is 0.541. The number of esters is 1. The standard InChI is InChI=1S/C15H19NO4/c1-20-13(18)7-8-16-14(19)15(9-12(17)10-15)11-5-3-2-4-6-11/h2-6,12,17H,7-10H2,1H3,(H,16,19). The van der Waals surface area contributed by atoms with Crippen LogP contribution in [0.1, 0.15) is 24.8 Å². The number of aliphatic hydroxyl groups excluding tert-OH is 1. The lowest BCUT2D eigenvalue weighted by molar-refractivity contribution is -0.141. The fraction of sp³-hybridized carbons (Fsp3) is 0.467. The number of benzene rings is 1. The molecule has 0 aliphatic heterocycles. The second-order valence-corrected chi connectivity index (χ2v) is 5.09. The highest BCUT2D eigenvalue weighted by atomic mass is 16.5. The summed E-state index contributed by atoms with van der Waals surface area (Å²) in [5, 5.41) is 12.4. The smallest absolute Gasteiger partial charge is 0.307 e. The van der Waals surface area contributed by atoms with E-state index in [0.29, 0.717) is 12.8 Å². The Hall–Kier alpha value is -1.88. The Morgan fingerprint density at radius 2 is 2.00 bits per heavy atom. The van der Waals surface area contributed by atoms with Gasteiger partial charge in [0.2, 0.25) is 5.91 Å². The molecule has 0 spiro atoms. The molecule has 1 aliphatic carbocycles. The number of hydrogen-bond donors (Lipinski definition) is 2. The first-order chi connectivity index (χ1) is 9.58. The summed E-state index contributed by atoms with van der Waals surface area (Å²) in [4.78, 5) is 23.4. The summed E-state index contributed by atoms with van der Waals surface area (Å²) in [6, 6.07) is 9.44. The minimum Gasteiger partial charge on any atom is -0.469 e. The van der Waals surface area contributed by atoms with Crippen LogP contribution in [0.25, 0.3) is 0 Å². The molecule has 20 heavy (non-hydrogen) atoms. The van der Waals surface area contributed by atoms with Crippen LogP contribution in [0, 0.1) is 0 Å². The van der Waals surface area contributed by atoms with Gasteiger partial charge in [0, 0.05) is 6.54 Å². The molecule has 0 unspecified atom stereocenters. The highest BCUT2D eigenvalue weighted by molar-refractivity contribution is 5.89. The Bertz CT molecular complexity index is 480. The summed E-state index contributed by atoms with van der Waals surface area (Å²) < 4.78 is 4.53. The molecule has 1 saturated carbocycles. The summed E-state index contributed by atoms with van der Waals surface area (Å²) in [7, 11) is 1.32. The molecule has 0 saturated heterocycles. The van der Waals surface area contributed by atoms with Crippen molar-refractivity contribution >= 4 is 11.9 Å². The van der Waals surface area contributed by atoms with Crippen LogP contribution < -0.4 is 5.32 Å². The molecule has 2 N–H and O–H groups in total. The van der Waals surface area contributed by atoms with Crippen LogP contribution in [0.3, 0.4) is 0 Å². The maximum absolute atomic E-state index is 12.4. The summed E-state index contributed by atoms with van der Waals surface area (Å²) in [6.45, 7) is 0.246.